The van der Waals surface area contributed by atoms with Gasteiger partial charge in [-0.1, -0.05) is 0 Å². The first-order valence-corrected chi connectivity index (χ1v) is 10.4. The summed E-state index contributed by atoms with van der Waals surface area (Å²) in [4.78, 5) is 0. The number of hydrogen-bond donors (Lipinski definition) is 1. The fourth-order valence-corrected chi connectivity index (χ4v) is 3.82. The van der Waals surface area contributed by atoms with Gasteiger partial charge in [-0.3, -0.25) is 0 Å². The van der Waals surface area contributed by atoms with Crippen molar-refractivity contribution in [2.45, 2.75) is 77.4 Å². The van der Waals surface area contributed by atoms with Crippen LogP contribution in [0.2, 0.25) is 0 Å². The Bertz CT molecular complexity index is 460. The zero-order valence-electron chi connectivity index (χ0n) is 17.3. The van der Waals surface area contributed by atoms with Crippen molar-refractivity contribution in [1.29, 1.82) is 0 Å². The first-order valence-electron chi connectivity index (χ1n) is 10.4. The molecule has 1 fully saturated rings. The standard InChI is InChI=1S/C22H39NO3/c1-21(2,11-14-24-16-13-23)25-15-12-22(3,4)26-17-20-18-9-7-5-6-8-10-19(18)20/h18-20H,7-17,23H2,1-4H3. The molecule has 1 saturated carbocycles. The molecule has 0 radical (unpaired) electrons. The SMILES string of the molecule is CC(C)(CCOCCN)OCCC(C)(C)OCC1C2CCC#CCCC21. The van der Waals surface area contributed by atoms with Gasteiger partial charge in [-0.15, -0.1) is 11.8 Å². The van der Waals surface area contributed by atoms with Crippen molar-refractivity contribution >= 4 is 0 Å². The molecule has 150 valence electrons. The molecule has 0 aromatic carbocycles. The van der Waals surface area contributed by atoms with E-state index >= 15 is 0 Å². The Balaban J connectivity index is 1.61. The molecule has 2 atom stereocenters. The Labute approximate surface area is 160 Å². The van der Waals surface area contributed by atoms with Crippen molar-refractivity contribution in [3.8, 4) is 11.8 Å². The molecule has 2 aliphatic carbocycles. The van der Waals surface area contributed by atoms with Crippen molar-refractivity contribution in [1.82, 2.24) is 0 Å². The summed E-state index contributed by atoms with van der Waals surface area (Å²) in [5, 5.41) is 0. The van der Waals surface area contributed by atoms with Gasteiger partial charge >= 0.3 is 0 Å². The summed E-state index contributed by atoms with van der Waals surface area (Å²) < 4.78 is 17.8. The average molecular weight is 366 g/mol. The summed E-state index contributed by atoms with van der Waals surface area (Å²) in [6.07, 6.45) is 6.44. The van der Waals surface area contributed by atoms with Crippen molar-refractivity contribution < 1.29 is 14.2 Å². The van der Waals surface area contributed by atoms with E-state index in [1.165, 1.54) is 12.8 Å². The smallest absolute Gasteiger partial charge is 0.0648 e. The molecular weight excluding hydrogens is 326 g/mol. The van der Waals surface area contributed by atoms with Crippen LogP contribution in [0.4, 0.5) is 0 Å². The first kappa shape index (κ1) is 21.7. The minimum absolute atomic E-state index is 0.138. The molecule has 26 heavy (non-hydrogen) atoms. The highest BCUT2D eigenvalue weighted by atomic mass is 16.5. The lowest BCUT2D eigenvalue weighted by Crippen LogP contribution is -2.32. The minimum Gasteiger partial charge on any atom is -0.380 e. The molecule has 0 aromatic heterocycles. The summed E-state index contributed by atoms with van der Waals surface area (Å²) in [6.45, 7) is 12.1. The molecular formula is C22H39NO3. The number of fused-ring (bicyclic) bond motifs is 1. The van der Waals surface area contributed by atoms with Crippen LogP contribution in [0.5, 0.6) is 0 Å². The molecule has 2 N–H and O–H groups in total. The average Bonchev–Trinajstić information content (AvgIpc) is 3.19. The molecule has 4 heteroatoms. The molecule has 2 rings (SSSR count). The highest BCUT2D eigenvalue weighted by molar-refractivity contribution is 5.07. The summed E-state index contributed by atoms with van der Waals surface area (Å²) in [5.74, 6) is 9.00. The van der Waals surface area contributed by atoms with Crippen LogP contribution in [-0.4, -0.2) is 44.2 Å². The topological polar surface area (TPSA) is 53.7 Å². The van der Waals surface area contributed by atoms with E-state index in [-0.39, 0.29) is 11.2 Å². The van der Waals surface area contributed by atoms with Gasteiger partial charge < -0.3 is 19.9 Å². The maximum absolute atomic E-state index is 6.30. The van der Waals surface area contributed by atoms with Crippen LogP contribution in [0, 0.1) is 29.6 Å². The van der Waals surface area contributed by atoms with Crippen LogP contribution in [-0.2, 0) is 14.2 Å². The molecule has 4 nitrogen and oxygen atoms in total. The third-order valence-corrected chi connectivity index (χ3v) is 5.81. The molecule has 0 spiro atoms. The fraction of sp³-hybridized carbons (Fsp3) is 0.909. The highest BCUT2D eigenvalue weighted by Crippen LogP contribution is 2.52. The van der Waals surface area contributed by atoms with Crippen molar-refractivity contribution in [2.75, 3.05) is 33.0 Å². The second kappa shape index (κ2) is 10.1. The van der Waals surface area contributed by atoms with Gasteiger partial charge in [0.1, 0.15) is 0 Å². The Hall–Kier alpha value is -0.600. The van der Waals surface area contributed by atoms with E-state index in [0.29, 0.717) is 26.4 Å². The lowest BCUT2D eigenvalue weighted by molar-refractivity contribution is -0.0831. The lowest BCUT2D eigenvalue weighted by atomic mass is 10.0. The molecule has 0 heterocycles. The van der Waals surface area contributed by atoms with Gasteiger partial charge in [0.15, 0.2) is 0 Å². The Morgan fingerprint density at radius 1 is 0.846 bits per heavy atom. The number of rotatable bonds is 12. The van der Waals surface area contributed by atoms with Gasteiger partial charge in [-0.05, 0) is 71.1 Å². The van der Waals surface area contributed by atoms with Gasteiger partial charge in [0, 0.05) is 26.0 Å². The van der Waals surface area contributed by atoms with E-state index in [2.05, 4.69) is 39.5 Å². The van der Waals surface area contributed by atoms with Crippen LogP contribution >= 0.6 is 0 Å². The van der Waals surface area contributed by atoms with E-state index < -0.39 is 0 Å². The lowest BCUT2D eigenvalue weighted by Gasteiger charge is -2.30. The molecule has 0 saturated heterocycles. The predicted molar refractivity (Wildman–Crippen MR) is 106 cm³/mol. The van der Waals surface area contributed by atoms with Gasteiger partial charge in [-0.25, -0.2) is 0 Å². The zero-order chi connectivity index (χ0) is 19.0. The van der Waals surface area contributed by atoms with Gasteiger partial charge in [0.25, 0.3) is 0 Å². The van der Waals surface area contributed by atoms with Crippen LogP contribution in [0.3, 0.4) is 0 Å². The number of nitrogens with two attached hydrogens (primary N) is 1. The molecule has 2 unspecified atom stereocenters. The monoisotopic (exact) mass is 365 g/mol. The minimum atomic E-state index is -0.174. The number of ether oxygens (including phenoxy) is 3. The fourth-order valence-electron chi connectivity index (χ4n) is 3.82. The zero-order valence-corrected chi connectivity index (χ0v) is 17.3. The largest absolute Gasteiger partial charge is 0.380 e. The van der Waals surface area contributed by atoms with Crippen LogP contribution < -0.4 is 5.73 Å². The van der Waals surface area contributed by atoms with E-state index in [4.69, 9.17) is 19.9 Å². The highest BCUT2D eigenvalue weighted by Gasteiger charge is 2.49. The maximum Gasteiger partial charge on any atom is 0.0648 e. The van der Waals surface area contributed by atoms with Gasteiger partial charge in [-0.2, -0.15) is 0 Å². The Morgan fingerprint density at radius 3 is 2.04 bits per heavy atom. The van der Waals surface area contributed by atoms with Crippen LogP contribution in [0.1, 0.15) is 66.2 Å². The van der Waals surface area contributed by atoms with Crippen LogP contribution in [0.25, 0.3) is 0 Å². The molecule has 0 aliphatic heterocycles. The summed E-state index contributed by atoms with van der Waals surface area (Å²) in [6, 6.07) is 0. The van der Waals surface area contributed by atoms with Crippen molar-refractivity contribution in [3.05, 3.63) is 0 Å². The molecule has 0 bridgehead atoms. The molecule has 2 aliphatic rings. The van der Waals surface area contributed by atoms with Gasteiger partial charge in [0.2, 0.25) is 0 Å². The quantitative estimate of drug-likeness (QED) is 0.422. The third kappa shape index (κ3) is 7.56. The second-order valence-corrected chi connectivity index (χ2v) is 9.00. The van der Waals surface area contributed by atoms with Crippen LogP contribution in [0.15, 0.2) is 0 Å². The normalized spacial score (nSPS) is 25.7. The third-order valence-electron chi connectivity index (χ3n) is 5.81. The van der Waals surface area contributed by atoms with E-state index in [1.54, 1.807) is 0 Å². The van der Waals surface area contributed by atoms with E-state index in [0.717, 1.165) is 50.0 Å². The summed E-state index contributed by atoms with van der Waals surface area (Å²) in [5.41, 5.74) is 5.13. The summed E-state index contributed by atoms with van der Waals surface area (Å²) in [7, 11) is 0. The van der Waals surface area contributed by atoms with E-state index in [9.17, 15) is 0 Å². The maximum atomic E-state index is 6.30. The Morgan fingerprint density at radius 2 is 1.42 bits per heavy atom. The Kier molecular flexibility index (Phi) is 8.41. The second-order valence-electron chi connectivity index (χ2n) is 9.00. The first-order chi connectivity index (χ1) is 12.3. The van der Waals surface area contributed by atoms with E-state index in [1.807, 2.05) is 0 Å². The van der Waals surface area contributed by atoms with Crippen molar-refractivity contribution in [2.24, 2.45) is 23.5 Å². The van der Waals surface area contributed by atoms with Gasteiger partial charge in [0.05, 0.1) is 31.0 Å². The molecule has 0 aromatic rings. The predicted octanol–water partition coefficient (Wildman–Crippen LogP) is 3.77. The molecule has 0 amide bonds. The number of hydrogen-bond acceptors (Lipinski definition) is 4. The summed E-state index contributed by atoms with van der Waals surface area (Å²) >= 11 is 0. The van der Waals surface area contributed by atoms with Crippen molar-refractivity contribution in [3.63, 3.8) is 0 Å².